The Bertz CT molecular complexity index is 1540. The predicted octanol–water partition coefficient (Wildman–Crippen LogP) is 6.11. The van der Waals surface area contributed by atoms with Gasteiger partial charge in [-0.3, -0.25) is 4.90 Å². The van der Waals surface area contributed by atoms with Crippen molar-refractivity contribution in [1.29, 1.82) is 0 Å². The first-order valence-electron chi connectivity index (χ1n) is 14.1. The van der Waals surface area contributed by atoms with Crippen LogP contribution < -0.4 is 9.47 Å². The largest absolute Gasteiger partial charge is 0.490 e. The SMILES string of the molecule is Cc1ccc(OCc2cccc(OC3CCN(Cc4nc5ccc(C(=O)O)cc5n4C[C@@H]4CCO4)CC3)c2)c(Cl)c1. The number of aromatic carboxylic acids is 1. The van der Waals surface area contributed by atoms with Gasteiger partial charge in [0.25, 0.3) is 0 Å². The number of nitrogens with zero attached hydrogens (tertiary/aromatic N) is 3. The van der Waals surface area contributed by atoms with Crippen molar-refractivity contribution in [2.75, 3.05) is 19.7 Å². The normalized spacial score (nSPS) is 17.9. The highest BCUT2D eigenvalue weighted by atomic mass is 35.5. The second kappa shape index (κ2) is 12.1. The highest BCUT2D eigenvalue weighted by molar-refractivity contribution is 6.32. The fourth-order valence-electron chi connectivity index (χ4n) is 5.43. The van der Waals surface area contributed by atoms with Crippen molar-refractivity contribution >= 4 is 28.6 Å². The van der Waals surface area contributed by atoms with Crippen LogP contribution in [0.5, 0.6) is 11.5 Å². The van der Waals surface area contributed by atoms with E-state index in [4.69, 9.17) is 30.8 Å². The van der Waals surface area contributed by atoms with Crippen LogP contribution in [-0.2, 0) is 24.4 Å². The number of fused-ring (bicyclic) bond motifs is 1. The van der Waals surface area contributed by atoms with Gasteiger partial charge < -0.3 is 23.9 Å². The molecule has 1 atom stereocenters. The van der Waals surface area contributed by atoms with E-state index >= 15 is 0 Å². The van der Waals surface area contributed by atoms with E-state index in [9.17, 15) is 9.90 Å². The number of hydrogen-bond donors (Lipinski definition) is 1. The summed E-state index contributed by atoms with van der Waals surface area (Å²) < 4.78 is 20.1. The minimum Gasteiger partial charge on any atom is -0.490 e. The summed E-state index contributed by atoms with van der Waals surface area (Å²) in [5.41, 5.74) is 4.06. The maximum absolute atomic E-state index is 11.6. The van der Waals surface area contributed by atoms with Gasteiger partial charge in [0.05, 0.1) is 40.8 Å². The Morgan fingerprint density at radius 3 is 2.66 bits per heavy atom. The lowest BCUT2D eigenvalue weighted by Gasteiger charge is -2.32. The Balaban J connectivity index is 1.06. The lowest BCUT2D eigenvalue weighted by molar-refractivity contribution is -0.0592. The van der Waals surface area contributed by atoms with Gasteiger partial charge in [-0.25, -0.2) is 9.78 Å². The van der Waals surface area contributed by atoms with Gasteiger partial charge >= 0.3 is 5.97 Å². The number of aromatic nitrogens is 2. The first-order valence-corrected chi connectivity index (χ1v) is 14.5. The molecule has 0 bridgehead atoms. The molecule has 0 spiro atoms. The summed E-state index contributed by atoms with van der Waals surface area (Å²) in [6.07, 6.45) is 3.11. The zero-order chi connectivity index (χ0) is 28.3. The van der Waals surface area contributed by atoms with Crippen molar-refractivity contribution in [3.8, 4) is 11.5 Å². The molecule has 0 amide bonds. The summed E-state index contributed by atoms with van der Waals surface area (Å²) in [7, 11) is 0. The number of carboxylic acids is 1. The fourth-order valence-corrected chi connectivity index (χ4v) is 5.72. The van der Waals surface area contributed by atoms with Gasteiger partial charge in [-0.2, -0.15) is 0 Å². The van der Waals surface area contributed by atoms with Gasteiger partial charge in [0, 0.05) is 19.7 Å². The number of hydrogen-bond acceptors (Lipinski definition) is 6. The number of ether oxygens (including phenoxy) is 3. The molecule has 41 heavy (non-hydrogen) atoms. The molecule has 1 aromatic heterocycles. The molecular formula is C32H34ClN3O5. The Morgan fingerprint density at radius 2 is 1.93 bits per heavy atom. The maximum Gasteiger partial charge on any atom is 0.335 e. The van der Waals surface area contributed by atoms with Crippen molar-refractivity contribution in [2.45, 2.75) is 58.1 Å². The third-order valence-electron chi connectivity index (χ3n) is 7.84. The maximum atomic E-state index is 11.6. The molecule has 2 saturated heterocycles. The Morgan fingerprint density at radius 1 is 1.10 bits per heavy atom. The topological polar surface area (TPSA) is 86.0 Å². The summed E-state index contributed by atoms with van der Waals surface area (Å²) in [5, 5.41) is 10.1. The monoisotopic (exact) mass is 575 g/mol. The van der Waals surface area contributed by atoms with E-state index in [2.05, 4.69) is 9.47 Å². The van der Waals surface area contributed by atoms with Crippen LogP contribution in [0.2, 0.25) is 5.02 Å². The van der Waals surface area contributed by atoms with Crippen molar-refractivity contribution in [2.24, 2.45) is 0 Å². The summed E-state index contributed by atoms with van der Waals surface area (Å²) in [4.78, 5) is 18.9. The van der Waals surface area contributed by atoms with Crippen LogP contribution in [-0.4, -0.2) is 57.4 Å². The van der Waals surface area contributed by atoms with Crippen LogP contribution in [0.25, 0.3) is 11.0 Å². The zero-order valence-corrected chi connectivity index (χ0v) is 23.8. The van der Waals surface area contributed by atoms with Crippen molar-refractivity contribution in [1.82, 2.24) is 14.5 Å². The van der Waals surface area contributed by atoms with E-state index in [1.165, 1.54) is 0 Å². The van der Waals surface area contributed by atoms with Gasteiger partial charge in [0.1, 0.15) is 30.0 Å². The molecule has 4 aromatic rings. The second-order valence-corrected chi connectivity index (χ2v) is 11.3. The van der Waals surface area contributed by atoms with Gasteiger partial charge in [-0.1, -0.05) is 29.8 Å². The van der Waals surface area contributed by atoms with Crippen molar-refractivity contribution in [3.05, 3.63) is 88.2 Å². The van der Waals surface area contributed by atoms with Gasteiger partial charge in [-0.05, 0) is 79.8 Å². The summed E-state index contributed by atoms with van der Waals surface area (Å²) >= 11 is 6.31. The molecule has 8 nitrogen and oxygen atoms in total. The molecule has 9 heteroatoms. The molecule has 3 heterocycles. The van der Waals surface area contributed by atoms with Crippen LogP contribution in [0.3, 0.4) is 0 Å². The fraction of sp³-hybridized carbons (Fsp3) is 0.375. The van der Waals surface area contributed by atoms with E-state index in [0.717, 1.165) is 72.7 Å². The van der Waals surface area contributed by atoms with Crippen LogP contribution in [0.1, 0.15) is 46.6 Å². The van der Waals surface area contributed by atoms with Crippen LogP contribution in [0.4, 0.5) is 0 Å². The molecule has 6 rings (SSSR count). The van der Waals surface area contributed by atoms with Gasteiger partial charge in [-0.15, -0.1) is 0 Å². The standard InChI is InChI=1S/C32H34ClN3O5/c1-21-5-8-30(27(33)15-21)40-20-22-3-2-4-25(16-22)41-24-9-12-35(13-10-24)19-31-34-28-7-6-23(32(37)38)17-29(28)36(31)18-26-11-14-39-26/h2-8,15-17,24,26H,9-14,18-20H2,1H3,(H,37,38)/t26-/m0/s1. The number of imidazole rings is 1. The summed E-state index contributed by atoms with van der Waals surface area (Å²) in [6, 6.07) is 19.0. The Hall–Kier alpha value is -3.59. The molecule has 0 saturated carbocycles. The number of rotatable bonds is 10. The third-order valence-corrected chi connectivity index (χ3v) is 8.13. The molecule has 2 fully saturated rings. The van der Waals surface area contributed by atoms with Crippen LogP contribution in [0, 0.1) is 6.92 Å². The van der Waals surface area contributed by atoms with Crippen LogP contribution in [0.15, 0.2) is 60.7 Å². The minimum absolute atomic E-state index is 0.134. The first kappa shape index (κ1) is 27.6. The number of halogens is 1. The van der Waals surface area contributed by atoms with Gasteiger partial charge in [0.2, 0.25) is 0 Å². The molecule has 3 aromatic carbocycles. The summed E-state index contributed by atoms with van der Waals surface area (Å²) in [5.74, 6) is 1.53. The Kier molecular flexibility index (Phi) is 8.14. The van der Waals surface area contributed by atoms with Crippen LogP contribution >= 0.6 is 11.6 Å². The molecule has 2 aliphatic heterocycles. The van der Waals surface area contributed by atoms with Crippen molar-refractivity contribution < 1.29 is 24.1 Å². The molecule has 1 N–H and O–H groups in total. The smallest absolute Gasteiger partial charge is 0.335 e. The van der Waals surface area contributed by atoms with E-state index in [-0.39, 0.29) is 17.8 Å². The number of likely N-dealkylation sites (tertiary alicyclic amines) is 1. The van der Waals surface area contributed by atoms with E-state index in [1.807, 2.05) is 49.4 Å². The average molecular weight is 576 g/mol. The number of aryl methyl sites for hydroxylation is 1. The number of carboxylic acid groups (broad SMARTS) is 1. The first-order chi connectivity index (χ1) is 19.9. The molecule has 2 aliphatic rings. The third kappa shape index (κ3) is 6.50. The molecule has 0 radical (unpaired) electrons. The lowest BCUT2D eigenvalue weighted by atomic mass is 10.1. The highest BCUT2D eigenvalue weighted by Crippen LogP contribution is 2.28. The molecule has 0 unspecified atom stereocenters. The van der Waals surface area contributed by atoms with Crippen molar-refractivity contribution in [3.63, 3.8) is 0 Å². The van der Waals surface area contributed by atoms with E-state index < -0.39 is 5.97 Å². The minimum atomic E-state index is -0.933. The molecule has 0 aliphatic carbocycles. The highest BCUT2D eigenvalue weighted by Gasteiger charge is 2.26. The summed E-state index contributed by atoms with van der Waals surface area (Å²) in [6.45, 7) is 6.36. The number of benzene rings is 3. The quantitative estimate of drug-likeness (QED) is 0.244. The van der Waals surface area contributed by atoms with Gasteiger partial charge in [0.15, 0.2) is 0 Å². The lowest BCUT2D eigenvalue weighted by Crippen LogP contribution is -2.39. The zero-order valence-electron chi connectivity index (χ0n) is 23.1. The molecular weight excluding hydrogens is 542 g/mol. The Labute approximate surface area is 244 Å². The predicted molar refractivity (Wildman–Crippen MR) is 157 cm³/mol. The van der Waals surface area contributed by atoms with E-state index in [0.29, 0.717) is 30.5 Å². The van der Waals surface area contributed by atoms with E-state index in [1.54, 1.807) is 18.2 Å². The molecule has 214 valence electrons. The second-order valence-electron chi connectivity index (χ2n) is 10.9. The average Bonchev–Trinajstić information content (AvgIpc) is 3.27. The number of piperidine rings is 1. The number of carbonyl (C=O) groups is 1.